The van der Waals surface area contributed by atoms with Gasteiger partial charge < -0.3 is 10.1 Å². The van der Waals surface area contributed by atoms with E-state index in [0.717, 1.165) is 6.54 Å². The van der Waals surface area contributed by atoms with Crippen molar-refractivity contribution in [1.29, 1.82) is 0 Å². The summed E-state index contributed by atoms with van der Waals surface area (Å²) in [7, 11) is 1.60. The highest BCUT2D eigenvalue weighted by Gasteiger charge is 1.77. The zero-order valence-electron chi connectivity index (χ0n) is 5.98. The molecule has 2 heteroatoms. The lowest BCUT2D eigenvalue weighted by Crippen LogP contribution is -2.01. The molecule has 0 amide bonds. The third-order valence-electron chi connectivity index (χ3n) is 0.853. The van der Waals surface area contributed by atoms with Crippen molar-refractivity contribution in [3.63, 3.8) is 0 Å². The maximum absolute atomic E-state index is 4.78. The van der Waals surface area contributed by atoms with Crippen molar-refractivity contribution in [2.75, 3.05) is 13.7 Å². The maximum Gasteiger partial charge on any atom is 0.113 e. The van der Waals surface area contributed by atoms with Crippen molar-refractivity contribution in [3.05, 3.63) is 24.6 Å². The van der Waals surface area contributed by atoms with Gasteiger partial charge in [-0.25, -0.2) is 0 Å². The first-order chi connectivity index (χ1) is 4.31. The molecule has 0 fully saturated rings. The number of rotatable bonds is 4. The molecule has 1 N–H and O–H groups in total. The molecule has 0 unspecified atom stereocenters. The quantitative estimate of drug-likeness (QED) is 0.453. The summed E-state index contributed by atoms with van der Waals surface area (Å²) in [6.07, 6.45) is 3.59. The average Bonchev–Trinajstić information content (AvgIpc) is 1.89. The second kappa shape index (κ2) is 5.22. The predicted octanol–water partition coefficient (Wildman–Crippen LogP) is 1.27. The van der Waals surface area contributed by atoms with Crippen molar-refractivity contribution < 1.29 is 4.74 Å². The number of methoxy groups -OCH3 is 1. The summed E-state index contributed by atoms with van der Waals surface area (Å²) in [5.41, 5.74) is 0. The molecule has 0 aliphatic carbocycles. The molecule has 0 saturated carbocycles. The van der Waals surface area contributed by atoms with Crippen LogP contribution in [-0.2, 0) is 4.74 Å². The summed E-state index contributed by atoms with van der Waals surface area (Å²) in [6, 6.07) is 0. The first-order valence-electron chi connectivity index (χ1n) is 2.94. The maximum atomic E-state index is 4.78. The molecule has 0 heterocycles. The van der Waals surface area contributed by atoms with Gasteiger partial charge in [0.05, 0.1) is 7.11 Å². The van der Waals surface area contributed by atoms with Crippen LogP contribution in [0.1, 0.15) is 6.92 Å². The molecular weight excluding hydrogens is 114 g/mol. The molecule has 0 spiro atoms. The van der Waals surface area contributed by atoms with Gasteiger partial charge in [0.1, 0.15) is 5.76 Å². The smallest absolute Gasteiger partial charge is 0.113 e. The van der Waals surface area contributed by atoms with Crippen molar-refractivity contribution in [1.82, 2.24) is 5.32 Å². The third kappa shape index (κ3) is 4.94. The Bertz CT molecular complexity index is 107. The monoisotopic (exact) mass is 127 g/mol. The molecule has 2 nitrogen and oxygen atoms in total. The van der Waals surface area contributed by atoms with E-state index >= 15 is 0 Å². The van der Waals surface area contributed by atoms with E-state index in [9.17, 15) is 0 Å². The fourth-order valence-electron chi connectivity index (χ4n) is 0.338. The van der Waals surface area contributed by atoms with Crippen molar-refractivity contribution in [2.24, 2.45) is 0 Å². The van der Waals surface area contributed by atoms with Gasteiger partial charge in [-0.05, 0) is 13.0 Å². The van der Waals surface area contributed by atoms with Gasteiger partial charge in [0.25, 0.3) is 0 Å². The van der Waals surface area contributed by atoms with Crippen LogP contribution in [0.3, 0.4) is 0 Å². The minimum absolute atomic E-state index is 0.663. The minimum atomic E-state index is 0.663. The molecule has 0 aliphatic rings. The Morgan fingerprint density at radius 2 is 2.44 bits per heavy atom. The molecule has 52 valence electrons. The van der Waals surface area contributed by atoms with Gasteiger partial charge in [0.2, 0.25) is 0 Å². The Labute approximate surface area is 56.2 Å². The predicted molar refractivity (Wildman–Crippen MR) is 39.0 cm³/mol. The Morgan fingerprint density at radius 1 is 1.78 bits per heavy atom. The van der Waals surface area contributed by atoms with Gasteiger partial charge in [-0.15, -0.1) is 0 Å². The van der Waals surface area contributed by atoms with Crippen LogP contribution >= 0.6 is 0 Å². The van der Waals surface area contributed by atoms with Gasteiger partial charge >= 0.3 is 0 Å². The highest BCUT2D eigenvalue weighted by molar-refractivity contribution is 5.05. The van der Waals surface area contributed by atoms with Crippen molar-refractivity contribution in [2.45, 2.75) is 6.92 Å². The lowest BCUT2D eigenvalue weighted by Gasteiger charge is -1.95. The second-order valence-corrected chi connectivity index (χ2v) is 1.56. The first kappa shape index (κ1) is 8.08. The van der Waals surface area contributed by atoms with E-state index in [2.05, 4.69) is 11.9 Å². The molecule has 0 aromatic rings. The summed E-state index contributed by atoms with van der Waals surface area (Å²) >= 11 is 0. The van der Waals surface area contributed by atoms with Gasteiger partial charge in [-0.1, -0.05) is 6.58 Å². The largest absolute Gasteiger partial charge is 0.497 e. The Balaban J connectivity index is 3.32. The molecule has 0 atom stereocenters. The summed E-state index contributed by atoms with van der Waals surface area (Å²) in [5, 5.41) is 2.99. The lowest BCUT2D eigenvalue weighted by molar-refractivity contribution is 0.308. The molecule has 0 bridgehead atoms. The summed E-state index contributed by atoms with van der Waals surface area (Å²) in [6.45, 7) is 6.55. The number of hydrogen-bond donors (Lipinski definition) is 1. The molecule has 0 aliphatic heterocycles. The molecule has 0 aromatic heterocycles. The van der Waals surface area contributed by atoms with Crippen LogP contribution in [0.4, 0.5) is 0 Å². The van der Waals surface area contributed by atoms with E-state index in [1.54, 1.807) is 13.2 Å². The number of hydrogen-bond acceptors (Lipinski definition) is 2. The molecule has 0 aromatic carbocycles. The van der Waals surface area contributed by atoms with Crippen LogP contribution in [0.15, 0.2) is 24.6 Å². The van der Waals surface area contributed by atoms with Crippen LogP contribution in [-0.4, -0.2) is 13.7 Å². The van der Waals surface area contributed by atoms with Crippen LogP contribution in [0.25, 0.3) is 0 Å². The minimum Gasteiger partial charge on any atom is -0.497 e. The number of nitrogens with one attached hydrogen (secondary N) is 1. The first-order valence-corrected chi connectivity index (χ1v) is 2.94. The van der Waals surface area contributed by atoms with Crippen LogP contribution in [0.2, 0.25) is 0 Å². The van der Waals surface area contributed by atoms with E-state index in [-0.39, 0.29) is 0 Å². The average molecular weight is 127 g/mol. The topological polar surface area (TPSA) is 21.3 Å². The van der Waals surface area contributed by atoms with Crippen LogP contribution in [0, 0.1) is 0 Å². The van der Waals surface area contributed by atoms with E-state index in [4.69, 9.17) is 4.74 Å². The second-order valence-electron chi connectivity index (χ2n) is 1.56. The third-order valence-corrected chi connectivity index (χ3v) is 0.853. The van der Waals surface area contributed by atoms with Crippen LogP contribution < -0.4 is 5.32 Å². The van der Waals surface area contributed by atoms with Gasteiger partial charge in [0.15, 0.2) is 0 Å². The summed E-state index contributed by atoms with van der Waals surface area (Å²) < 4.78 is 4.78. The molecule has 9 heavy (non-hydrogen) atoms. The molecule has 0 radical (unpaired) electrons. The highest BCUT2D eigenvalue weighted by Crippen LogP contribution is 1.89. The van der Waals surface area contributed by atoms with E-state index in [1.165, 1.54) is 0 Å². The zero-order chi connectivity index (χ0) is 7.11. The summed E-state index contributed by atoms with van der Waals surface area (Å²) in [5.74, 6) is 0.663. The molecule has 0 saturated heterocycles. The van der Waals surface area contributed by atoms with Gasteiger partial charge in [-0.2, -0.15) is 0 Å². The Hall–Kier alpha value is -0.920. The summed E-state index contributed by atoms with van der Waals surface area (Å²) in [4.78, 5) is 0. The SMILES string of the molecule is C=C(/C=C/NCC)OC. The van der Waals surface area contributed by atoms with E-state index < -0.39 is 0 Å². The normalized spacial score (nSPS) is 9.56. The Kier molecular flexibility index (Phi) is 4.69. The van der Waals surface area contributed by atoms with E-state index in [0.29, 0.717) is 5.76 Å². The van der Waals surface area contributed by atoms with E-state index in [1.807, 2.05) is 13.1 Å². The number of ether oxygens (including phenoxy) is 1. The van der Waals surface area contributed by atoms with Gasteiger partial charge in [-0.3, -0.25) is 0 Å². The fourth-order valence-corrected chi connectivity index (χ4v) is 0.338. The number of allylic oxidation sites excluding steroid dienone is 1. The zero-order valence-corrected chi connectivity index (χ0v) is 5.98. The standard InChI is InChI=1S/C7H13NO/c1-4-8-6-5-7(2)9-3/h5-6,8H,2,4H2,1,3H3/b6-5+. The van der Waals surface area contributed by atoms with Crippen molar-refractivity contribution in [3.8, 4) is 0 Å². The molecular formula is C7H13NO. The fraction of sp³-hybridized carbons (Fsp3) is 0.429. The van der Waals surface area contributed by atoms with Gasteiger partial charge in [0, 0.05) is 12.7 Å². The highest BCUT2D eigenvalue weighted by atomic mass is 16.5. The lowest BCUT2D eigenvalue weighted by atomic mass is 10.5. The molecule has 0 rings (SSSR count). The Morgan fingerprint density at radius 3 is 2.89 bits per heavy atom. The van der Waals surface area contributed by atoms with Crippen molar-refractivity contribution >= 4 is 0 Å². The van der Waals surface area contributed by atoms with Crippen LogP contribution in [0.5, 0.6) is 0 Å².